The van der Waals surface area contributed by atoms with Gasteiger partial charge >= 0.3 is 0 Å². The zero-order chi connectivity index (χ0) is 13.5. The average Bonchev–Trinajstić information content (AvgIpc) is 3.13. The second kappa shape index (κ2) is 4.65. The van der Waals surface area contributed by atoms with Crippen molar-refractivity contribution in [3.63, 3.8) is 0 Å². The van der Waals surface area contributed by atoms with Gasteiger partial charge in [-0.2, -0.15) is 0 Å². The van der Waals surface area contributed by atoms with Crippen LogP contribution in [0.4, 0.5) is 0 Å². The lowest BCUT2D eigenvalue weighted by Gasteiger charge is -2.15. The van der Waals surface area contributed by atoms with E-state index in [1.165, 1.54) is 35.0 Å². The number of likely N-dealkylation sites (tertiary alicyclic amines) is 1. The molecule has 1 aliphatic carbocycles. The van der Waals surface area contributed by atoms with Gasteiger partial charge in [-0.3, -0.25) is 4.79 Å². The summed E-state index contributed by atoms with van der Waals surface area (Å²) in [5.41, 5.74) is 4.88. The Morgan fingerprint density at radius 3 is 2.70 bits per heavy atom. The van der Waals surface area contributed by atoms with Gasteiger partial charge in [-0.15, -0.1) is 0 Å². The first kappa shape index (κ1) is 12.0. The second-order valence-electron chi connectivity index (χ2n) is 6.05. The van der Waals surface area contributed by atoms with E-state index in [0.717, 1.165) is 44.3 Å². The number of amides is 1. The second-order valence-corrected chi connectivity index (χ2v) is 6.05. The molecule has 1 N–H and O–H groups in total. The lowest BCUT2D eigenvalue weighted by molar-refractivity contribution is 0.0793. The lowest BCUT2D eigenvalue weighted by atomic mass is 9.95. The van der Waals surface area contributed by atoms with Gasteiger partial charge < -0.3 is 9.88 Å². The number of aromatic amines is 1. The van der Waals surface area contributed by atoms with E-state index in [2.05, 4.69) is 17.1 Å². The van der Waals surface area contributed by atoms with Gasteiger partial charge in [0.15, 0.2) is 0 Å². The number of nitrogens with zero attached hydrogens (tertiary/aromatic N) is 1. The molecular weight excluding hydrogens is 248 g/mol. The number of aromatic nitrogens is 1. The van der Waals surface area contributed by atoms with Crippen molar-refractivity contribution in [1.29, 1.82) is 0 Å². The number of hydrogen-bond acceptors (Lipinski definition) is 1. The molecule has 1 fully saturated rings. The van der Waals surface area contributed by atoms with Crippen molar-refractivity contribution in [3.8, 4) is 0 Å². The van der Waals surface area contributed by atoms with Crippen LogP contribution in [0.3, 0.4) is 0 Å². The molecule has 2 aliphatic rings. The Morgan fingerprint density at radius 2 is 1.85 bits per heavy atom. The van der Waals surface area contributed by atoms with Crippen molar-refractivity contribution in [2.75, 3.05) is 13.1 Å². The predicted octanol–water partition coefficient (Wildman–Crippen LogP) is 3.28. The zero-order valence-corrected chi connectivity index (χ0v) is 11.7. The number of aryl methyl sites for hydroxylation is 2. The molecule has 1 aromatic carbocycles. The largest absolute Gasteiger partial charge is 0.358 e. The highest BCUT2D eigenvalue weighted by Gasteiger charge is 2.21. The van der Waals surface area contributed by atoms with Gasteiger partial charge in [0.2, 0.25) is 0 Å². The topological polar surface area (TPSA) is 36.1 Å². The third kappa shape index (κ3) is 1.84. The van der Waals surface area contributed by atoms with E-state index in [4.69, 9.17) is 0 Å². The summed E-state index contributed by atoms with van der Waals surface area (Å²) >= 11 is 0. The summed E-state index contributed by atoms with van der Waals surface area (Å²) in [6, 6.07) is 6.17. The highest BCUT2D eigenvalue weighted by Crippen LogP contribution is 2.30. The fourth-order valence-corrected chi connectivity index (χ4v) is 3.64. The van der Waals surface area contributed by atoms with Crippen LogP contribution in [0.25, 0.3) is 10.9 Å². The first-order valence-electron chi connectivity index (χ1n) is 7.76. The summed E-state index contributed by atoms with van der Waals surface area (Å²) in [6.45, 7) is 1.84. The Hall–Kier alpha value is -1.77. The first-order chi connectivity index (χ1) is 9.83. The fourth-order valence-electron chi connectivity index (χ4n) is 3.64. The molecule has 1 saturated heterocycles. The SMILES string of the molecule is O=C(c1ccc2[nH]c3c(c2c1)CCCC3)N1CCCC1. The Kier molecular flexibility index (Phi) is 2.79. The van der Waals surface area contributed by atoms with Crippen LogP contribution in [-0.4, -0.2) is 28.9 Å². The van der Waals surface area contributed by atoms with Gasteiger partial charge in [-0.1, -0.05) is 0 Å². The minimum atomic E-state index is 0.204. The van der Waals surface area contributed by atoms with Gasteiger partial charge in [-0.25, -0.2) is 0 Å². The van der Waals surface area contributed by atoms with Gasteiger partial charge in [0.25, 0.3) is 5.91 Å². The molecule has 2 aromatic rings. The maximum Gasteiger partial charge on any atom is 0.253 e. The molecule has 0 radical (unpaired) electrons. The van der Waals surface area contributed by atoms with E-state index >= 15 is 0 Å². The zero-order valence-electron chi connectivity index (χ0n) is 11.7. The van der Waals surface area contributed by atoms with E-state index in [-0.39, 0.29) is 5.91 Å². The number of carbonyl (C=O) groups excluding carboxylic acids is 1. The van der Waals surface area contributed by atoms with Crippen LogP contribution in [0.15, 0.2) is 18.2 Å². The number of carbonyl (C=O) groups is 1. The van der Waals surface area contributed by atoms with E-state index < -0.39 is 0 Å². The molecule has 1 aliphatic heterocycles. The normalized spacial score (nSPS) is 18.5. The van der Waals surface area contributed by atoms with Crippen LogP contribution in [-0.2, 0) is 12.8 Å². The van der Waals surface area contributed by atoms with E-state index in [0.29, 0.717) is 0 Å². The number of rotatable bonds is 1. The summed E-state index contributed by atoms with van der Waals surface area (Å²) in [6.07, 6.45) is 7.14. The molecule has 3 heteroatoms. The van der Waals surface area contributed by atoms with Crippen molar-refractivity contribution < 1.29 is 4.79 Å². The van der Waals surface area contributed by atoms with E-state index in [9.17, 15) is 4.79 Å². The van der Waals surface area contributed by atoms with Crippen molar-refractivity contribution in [1.82, 2.24) is 9.88 Å². The number of H-pyrrole nitrogens is 1. The van der Waals surface area contributed by atoms with Gasteiger partial charge in [0, 0.05) is 35.2 Å². The molecule has 20 heavy (non-hydrogen) atoms. The fraction of sp³-hybridized carbons (Fsp3) is 0.471. The molecule has 1 aromatic heterocycles. The quantitative estimate of drug-likeness (QED) is 0.846. The lowest BCUT2D eigenvalue weighted by Crippen LogP contribution is -2.27. The van der Waals surface area contributed by atoms with E-state index in [1.807, 2.05) is 11.0 Å². The molecule has 0 saturated carbocycles. The molecule has 0 atom stereocenters. The molecule has 1 amide bonds. The molecular formula is C17H20N2O. The van der Waals surface area contributed by atoms with Gasteiger partial charge in [-0.05, 0) is 62.3 Å². The van der Waals surface area contributed by atoms with Crippen molar-refractivity contribution >= 4 is 16.8 Å². The number of nitrogens with one attached hydrogen (secondary N) is 1. The summed E-state index contributed by atoms with van der Waals surface area (Å²) in [4.78, 5) is 18.0. The third-order valence-corrected chi connectivity index (χ3v) is 4.74. The molecule has 4 rings (SSSR count). The Labute approximate surface area is 119 Å². The summed E-state index contributed by atoms with van der Waals surface area (Å²) < 4.78 is 0. The molecule has 0 spiro atoms. The van der Waals surface area contributed by atoms with Crippen LogP contribution >= 0.6 is 0 Å². The number of hydrogen-bond donors (Lipinski definition) is 1. The van der Waals surface area contributed by atoms with Crippen molar-refractivity contribution in [2.45, 2.75) is 38.5 Å². The van der Waals surface area contributed by atoms with Crippen LogP contribution in [0, 0.1) is 0 Å². The van der Waals surface area contributed by atoms with Crippen molar-refractivity contribution in [3.05, 3.63) is 35.0 Å². The molecule has 3 nitrogen and oxygen atoms in total. The van der Waals surface area contributed by atoms with Crippen LogP contribution < -0.4 is 0 Å². The molecule has 2 heterocycles. The van der Waals surface area contributed by atoms with Crippen LogP contribution in [0.5, 0.6) is 0 Å². The Morgan fingerprint density at radius 1 is 1.05 bits per heavy atom. The standard InChI is InChI=1S/C17H20N2O/c20-17(19-9-3-4-10-19)12-7-8-16-14(11-12)13-5-1-2-6-15(13)18-16/h7-8,11,18H,1-6,9-10H2. The molecule has 0 unspecified atom stereocenters. The minimum absolute atomic E-state index is 0.204. The van der Waals surface area contributed by atoms with Gasteiger partial charge in [0.1, 0.15) is 0 Å². The number of benzene rings is 1. The monoisotopic (exact) mass is 268 g/mol. The summed E-state index contributed by atoms with van der Waals surface area (Å²) in [5, 5.41) is 1.27. The minimum Gasteiger partial charge on any atom is -0.358 e. The van der Waals surface area contributed by atoms with E-state index in [1.54, 1.807) is 0 Å². The predicted molar refractivity (Wildman–Crippen MR) is 80.1 cm³/mol. The first-order valence-corrected chi connectivity index (χ1v) is 7.76. The van der Waals surface area contributed by atoms with Crippen LogP contribution in [0.1, 0.15) is 47.3 Å². The molecule has 0 bridgehead atoms. The number of fused-ring (bicyclic) bond motifs is 3. The van der Waals surface area contributed by atoms with Crippen molar-refractivity contribution in [2.24, 2.45) is 0 Å². The maximum atomic E-state index is 12.5. The van der Waals surface area contributed by atoms with Gasteiger partial charge in [0.05, 0.1) is 0 Å². The Bertz CT molecular complexity index is 665. The smallest absolute Gasteiger partial charge is 0.253 e. The maximum absolute atomic E-state index is 12.5. The highest BCUT2D eigenvalue weighted by atomic mass is 16.2. The molecule has 104 valence electrons. The Balaban J connectivity index is 1.75. The third-order valence-electron chi connectivity index (χ3n) is 4.74. The average molecular weight is 268 g/mol. The summed E-state index contributed by atoms with van der Waals surface area (Å²) in [5.74, 6) is 0.204. The highest BCUT2D eigenvalue weighted by molar-refractivity contribution is 5.99. The van der Waals surface area contributed by atoms with Crippen LogP contribution in [0.2, 0.25) is 0 Å². The summed E-state index contributed by atoms with van der Waals surface area (Å²) in [7, 11) is 0.